The third-order valence-corrected chi connectivity index (χ3v) is 3.82. The maximum absolute atomic E-state index is 12.8. The van der Waals surface area contributed by atoms with Crippen LogP contribution < -0.4 is 15.2 Å². The summed E-state index contributed by atoms with van der Waals surface area (Å²) in [5, 5.41) is 10.9. The maximum Gasteiger partial charge on any atom is 0.276 e. The van der Waals surface area contributed by atoms with E-state index < -0.39 is 5.91 Å². The van der Waals surface area contributed by atoms with Gasteiger partial charge in [0, 0.05) is 11.8 Å². The van der Waals surface area contributed by atoms with Crippen LogP contribution in [0.15, 0.2) is 34.9 Å². The van der Waals surface area contributed by atoms with Gasteiger partial charge in [-0.25, -0.2) is 4.98 Å². The predicted octanol–water partition coefficient (Wildman–Crippen LogP) is 4.07. The molecule has 0 aliphatic carbocycles. The molecule has 6 nitrogen and oxygen atoms in total. The molecule has 0 saturated carbocycles. The van der Waals surface area contributed by atoms with Crippen LogP contribution in [0.25, 0.3) is 0 Å². The quantitative estimate of drug-likeness (QED) is 0.408. The molecule has 0 aliphatic heterocycles. The molecule has 0 saturated heterocycles. The average molecular weight is 434 g/mol. The van der Waals surface area contributed by atoms with Gasteiger partial charge in [0.1, 0.15) is 21.7 Å². The summed E-state index contributed by atoms with van der Waals surface area (Å²) in [6.45, 7) is 8.22. The molecule has 0 radical (unpaired) electrons. The van der Waals surface area contributed by atoms with Gasteiger partial charge < -0.3 is 9.84 Å². The van der Waals surface area contributed by atoms with E-state index >= 15 is 0 Å². The minimum atomic E-state index is -0.411. The highest BCUT2D eigenvalue weighted by Crippen LogP contribution is 2.27. The van der Waals surface area contributed by atoms with Crippen LogP contribution in [0.2, 0.25) is 0 Å². The molecule has 1 aromatic heterocycles. The van der Waals surface area contributed by atoms with Gasteiger partial charge >= 0.3 is 0 Å². The molecule has 0 spiro atoms. The molecule has 0 fully saturated rings. The molecule has 0 aliphatic rings. The van der Waals surface area contributed by atoms with Gasteiger partial charge in [0.25, 0.3) is 5.91 Å². The monoisotopic (exact) mass is 433 g/mol. The fourth-order valence-electron chi connectivity index (χ4n) is 2.18. The Hall–Kier alpha value is -2.72. The highest BCUT2D eigenvalue weighted by atomic mass is 79.9. The van der Waals surface area contributed by atoms with Gasteiger partial charge in [0.05, 0.1) is 18.8 Å². The van der Waals surface area contributed by atoms with Crippen molar-refractivity contribution in [1.29, 1.82) is 0 Å². The van der Waals surface area contributed by atoms with E-state index in [4.69, 9.17) is 11.2 Å². The number of hydrogen-bond donors (Lipinski definition) is 2. The lowest BCUT2D eigenvalue weighted by Gasteiger charge is -2.24. The summed E-state index contributed by atoms with van der Waals surface area (Å²) in [4.78, 5) is 17.0. The van der Waals surface area contributed by atoms with Crippen LogP contribution in [0.1, 0.15) is 36.8 Å². The Morgan fingerprint density at radius 1 is 1.37 bits per heavy atom. The number of anilines is 1. The molecule has 2 aromatic rings. The zero-order chi connectivity index (χ0) is 20.4. The molecule has 2 rings (SSSR count). The van der Waals surface area contributed by atoms with E-state index in [1.807, 2.05) is 27.7 Å². The average Bonchev–Trinajstić information content (AvgIpc) is 2.63. The number of hydrogen-bond acceptors (Lipinski definition) is 5. The molecule has 7 heteroatoms. The largest absolute Gasteiger partial charge is 0.508 e. The number of phenols is 1. The molecular formula is C20H24BrN3O3. The third kappa shape index (κ3) is 6.19. The maximum atomic E-state index is 12.8. The van der Waals surface area contributed by atoms with E-state index in [2.05, 4.69) is 32.3 Å². The number of halogens is 1. The number of nitrogens with one attached hydrogen (secondary N) is 1. The second-order valence-corrected chi connectivity index (χ2v) is 5.86. The van der Waals surface area contributed by atoms with Crippen molar-refractivity contribution in [3.8, 4) is 23.8 Å². The minimum absolute atomic E-state index is 0.125. The lowest BCUT2D eigenvalue weighted by atomic mass is 10.2. The summed E-state index contributed by atoms with van der Waals surface area (Å²) >= 11 is 3.32. The van der Waals surface area contributed by atoms with E-state index in [-0.39, 0.29) is 17.9 Å². The molecular weight excluding hydrogens is 410 g/mol. The number of aromatic nitrogens is 1. The van der Waals surface area contributed by atoms with E-state index in [9.17, 15) is 9.90 Å². The number of carbonyl (C=O) groups excluding carboxylic acids is 1. The zero-order valence-corrected chi connectivity index (χ0v) is 17.5. The van der Waals surface area contributed by atoms with Crippen molar-refractivity contribution >= 4 is 27.5 Å². The molecule has 2 N–H and O–H groups in total. The number of phenolic OH excluding ortho intramolecular Hbond substituents is 1. The van der Waals surface area contributed by atoms with Gasteiger partial charge in [-0.15, -0.1) is 6.42 Å². The number of amides is 1. The van der Waals surface area contributed by atoms with Crippen LogP contribution in [0.5, 0.6) is 11.5 Å². The van der Waals surface area contributed by atoms with E-state index in [0.29, 0.717) is 22.6 Å². The normalized spacial score (nSPS) is 9.48. The van der Waals surface area contributed by atoms with E-state index in [1.165, 1.54) is 17.1 Å². The first-order chi connectivity index (χ1) is 13.0. The van der Waals surface area contributed by atoms with Crippen molar-refractivity contribution in [1.82, 2.24) is 10.4 Å². The van der Waals surface area contributed by atoms with Crippen LogP contribution in [0.4, 0.5) is 5.69 Å². The Morgan fingerprint density at radius 3 is 2.56 bits per heavy atom. The summed E-state index contributed by atoms with van der Waals surface area (Å²) in [5.41, 5.74) is 4.40. The summed E-state index contributed by atoms with van der Waals surface area (Å²) in [6, 6.07) is 8.03. The predicted molar refractivity (Wildman–Crippen MR) is 111 cm³/mol. The van der Waals surface area contributed by atoms with Crippen LogP contribution in [0, 0.1) is 19.3 Å². The number of aromatic hydroxyl groups is 1. The van der Waals surface area contributed by atoms with E-state index in [1.54, 1.807) is 18.2 Å². The Bertz CT molecular complexity index is 801. The van der Waals surface area contributed by atoms with E-state index in [0.717, 1.165) is 5.69 Å². The molecule has 1 amide bonds. The lowest BCUT2D eigenvalue weighted by Crippen LogP contribution is -2.43. The summed E-state index contributed by atoms with van der Waals surface area (Å²) in [5.74, 6) is 2.64. The van der Waals surface area contributed by atoms with Gasteiger partial charge in [-0.05, 0) is 54.0 Å². The number of ether oxygens (including phenoxy) is 1. The van der Waals surface area contributed by atoms with Gasteiger partial charge in [-0.1, -0.05) is 19.8 Å². The molecule has 144 valence electrons. The Balaban J connectivity index is 0.00000176. The number of pyridine rings is 1. The summed E-state index contributed by atoms with van der Waals surface area (Å²) in [6.07, 6.45) is 5.40. The van der Waals surface area contributed by atoms with Crippen molar-refractivity contribution in [3.63, 3.8) is 0 Å². The lowest BCUT2D eigenvalue weighted by molar-refractivity contribution is 0.0945. The second kappa shape index (κ2) is 11.1. The summed E-state index contributed by atoms with van der Waals surface area (Å²) in [7, 11) is 0. The Morgan fingerprint density at radius 2 is 2.00 bits per heavy atom. The van der Waals surface area contributed by atoms with Crippen molar-refractivity contribution < 1.29 is 14.6 Å². The Kier molecular flexibility index (Phi) is 9.17. The fraction of sp³-hybridized carbons (Fsp3) is 0.300. The number of benzene rings is 1. The molecule has 27 heavy (non-hydrogen) atoms. The third-order valence-electron chi connectivity index (χ3n) is 3.24. The first-order valence-corrected chi connectivity index (χ1v) is 9.36. The first-order valence-electron chi connectivity index (χ1n) is 8.57. The topological polar surface area (TPSA) is 74.7 Å². The van der Waals surface area contributed by atoms with Crippen LogP contribution in [-0.2, 0) is 0 Å². The smallest absolute Gasteiger partial charge is 0.276 e. The van der Waals surface area contributed by atoms with Crippen molar-refractivity contribution in [3.05, 3.63) is 46.2 Å². The molecule has 0 unspecified atom stereocenters. The molecule has 0 bridgehead atoms. The highest BCUT2D eigenvalue weighted by molar-refractivity contribution is 9.10. The first kappa shape index (κ1) is 22.3. The Labute approximate surface area is 168 Å². The minimum Gasteiger partial charge on any atom is -0.508 e. The zero-order valence-electron chi connectivity index (χ0n) is 15.9. The SMILES string of the molecule is C#CCN(NC(=O)c1c(OCC)cc(C)nc1Br)c1ccc(O)cc1.CC. The van der Waals surface area contributed by atoms with Crippen molar-refractivity contribution in [2.24, 2.45) is 0 Å². The van der Waals surface area contributed by atoms with Gasteiger partial charge in [0.2, 0.25) is 0 Å². The van der Waals surface area contributed by atoms with Crippen molar-refractivity contribution in [2.45, 2.75) is 27.7 Å². The number of aryl methyl sites for hydroxylation is 1. The molecule has 1 heterocycles. The van der Waals surface area contributed by atoms with Gasteiger partial charge in [-0.2, -0.15) is 0 Å². The fourth-order valence-corrected chi connectivity index (χ4v) is 2.83. The van der Waals surface area contributed by atoms with Crippen LogP contribution >= 0.6 is 15.9 Å². The molecule has 1 aromatic carbocycles. The number of carbonyl (C=O) groups is 1. The number of nitrogens with zero attached hydrogens (tertiary/aromatic N) is 2. The number of hydrazine groups is 1. The second-order valence-electron chi connectivity index (χ2n) is 5.11. The van der Waals surface area contributed by atoms with Gasteiger partial charge in [-0.3, -0.25) is 15.2 Å². The summed E-state index contributed by atoms with van der Waals surface area (Å²) < 4.78 is 5.95. The molecule has 0 atom stereocenters. The van der Waals surface area contributed by atoms with Crippen molar-refractivity contribution in [2.75, 3.05) is 18.2 Å². The highest BCUT2D eigenvalue weighted by Gasteiger charge is 2.21. The van der Waals surface area contributed by atoms with Crippen LogP contribution in [-0.4, -0.2) is 29.1 Å². The number of terminal acetylenes is 1. The standard InChI is InChI=1S/C18H18BrN3O3.C2H6/c1-4-10-22(13-6-8-14(23)9-7-13)21-18(24)16-15(25-5-2)11-12(3)20-17(16)19;1-2/h1,6-9,11,23H,5,10H2,2-3H3,(H,21,24);1-2H3. The number of rotatable bonds is 6. The van der Waals surface area contributed by atoms with Crippen LogP contribution in [0.3, 0.4) is 0 Å². The van der Waals surface area contributed by atoms with Gasteiger partial charge in [0.15, 0.2) is 0 Å².